The third-order valence-electron chi connectivity index (χ3n) is 4.27. The molecule has 0 aromatic heterocycles. The number of hydrogen-bond donors (Lipinski definition) is 0. The molecule has 2 heterocycles. The summed E-state index contributed by atoms with van der Waals surface area (Å²) in [4.78, 5) is 4.89. The minimum Gasteiger partial charge on any atom is -0.379 e. The number of likely N-dealkylation sites (tertiary alicyclic amines) is 1. The van der Waals surface area contributed by atoms with E-state index in [0.29, 0.717) is 12.2 Å². The van der Waals surface area contributed by atoms with Crippen LogP contribution >= 0.6 is 0 Å². The van der Waals surface area contributed by atoms with Gasteiger partial charge in [-0.05, 0) is 53.6 Å². The van der Waals surface area contributed by atoms with Crippen LogP contribution in [0.25, 0.3) is 0 Å². The third-order valence-corrected chi connectivity index (χ3v) is 4.27. The average molecular weight is 345 g/mol. The maximum atomic E-state index is 5.50. The Morgan fingerprint density at radius 3 is 1.62 bits per heavy atom. The molecule has 0 spiro atoms. The van der Waals surface area contributed by atoms with Gasteiger partial charge in [0.25, 0.3) is 0 Å². The van der Waals surface area contributed by atoms with E-state index in [0.717, 1.165) is 52.6 Å². The van der Waals surface area contributed by atoms with Crippen LogP contribution in [0.2, 0.25) is 0 Å². The van der Waals surface area contributed by atoms with Crippen LogP contribution in [0.15, 0.2) is 0 Å². The fourth-order valence-corrected chi connectivity index (χ4v) is 2.84. The molecule has 2 fully saturated rings. The van der Waals surface area contributed by atoms with Crippen LogP contribution in [0.4, 0.5) is 0 Å². The molecule has 24 heavy (non-hydrogen) atoms. The van der Waals surface area contributed by atoms with E-state index >= 15 is 0 Å². The molecule has 0 aromatic carbocycles. The van der Waals surface area contributed by atoms with E-state index in [4.69, 9.17) is 14.2 Å². The zero-order valence-corrected chi connectivity index (χ0v) is 16.5. The van der Waals surface area contributed by atoms with Gasteiger partial charge in [-0.3, -0.25) is 4.90 Å². The summed E-state index contributed by atoms with van der Waals surface area (Å²) in [5, 5.41) is 0. The predicted octanol–water partition coefficient (Wildman–Crippen LogP) is 2.64. The molecule has 144 valence electrons. The topological polar surface area (TPSA) is 34.2 Å². The zero-order chi connectivity index (χ0) is 17.6. The van der Waals surface area contributed by atoms with Crippen molar-refractivity contribution in [2.75, 3.05) is 65.7 Å². The van der Waals surface area contributed by atoms with Gasteiger partial charge in [-0.25, -0.2) is 0 Å². The van der Waals surface area contributed by atoms with Crippen LogP contribution < -0.4 is 0 Å². The molecule has 0 aliphatic carbocycles. The van der Waals surface area contributed by atoms with Crippen molar-refractivity contribution in [1.29, 1.82) is 0 Å². The highest BCUT2D eigenvalue weighted by Crippen LogP contribution is 2.07. The summed E-state index contributed by atoms with van der Waals surface area (Å²) in [6, 6.07) is 0. The van der Waals surface area contributed by atoms with E-state index in [2.05, 4.69) is 37.5 Å². The fraction of sp³-hybridized carbons (Fsp3) is 1.00. The largest absolute Gasteiger partial charge is 0.379 e. The fourth-order valence-electron chi connectivity index (χ4n) is 2.84. The van der Waals surface area contributed by atoms with E-state index in [-0.39, 0.29) is 0 Å². The van der Waals surface area contributed by atoms with Gasteiger partial charge < -0.3 is 19.1 Å². The molecule has 0 amide bonds. The Balaban J connectivity index is 0.000000240. The zero-order valence-electron chi connectivity index (χ0n) is 16.5. The molecule has 0 atom stereocenters. The highest BCUT2D eigenvalue weighted by Gasteiger charge is 2.10. The first kappa shape index (κ1) is 21.8. The number of rotatable bonds is 8. The highest BCUT2D eigenvalue weighted by atomic mass is 16.5. The second-order valence-corrected chi connectivity index (χ2v) is 7.20. The summed E-state index contributed by atoms with van der Waals surface area (Å²) >= 11 is 0. The molecule has 0 radical (unpaired) electrons. The van der Waals surface area contributed by atoms with Crippen LogP contribution in [-0.4, -0.2) is 87.7 Å². The first-order chi connectivity index (χ1) is 11.6. The minimum absolute atomic E-state index is 0.353. The summed E-state index contributed by atoms with van der Waals surface area (Å²) in [5.74, 6) is 0. The van der Waals surface area contributed by atoms with Crippen molar-refractivity contribution in [2.24, 2.45) is 0 Å². The van der Waals surface area contributed by atoms with E-state index in [1.165, 1.54) is 32.4 Å². The van der Waals surface area contributed by atoms with Crippen LogP contribution in [-0.2, 0) is 14.2 Å². The number of ether oxygens (including phenoxy) is 3. The number of nitrogens with zero attached hydrogens (tertiary/aromatic N) is 2. The minimum atomic E-state index is 0.353. The summed E-state index contributed by atoms with van der Waals surface area (Å²) in [5.41, 5.74) is 0. The molecule has 5 nitrogen and oxygen atoms in total. The first-order valence-corrected chi connectivity index (χ1v) is 9.83. The lowest BCUT2D eigenvalue weighted by molar-refractivity contribution is 0.00965. The lowest BCUT2D eigenvalue weighted by Gasteiger charge is -2.26. The Bertz CT molecular complexity index is 248. The summed E-state index contributed by atoms with van der Waals surface area (Å²) in [7, 11) is 0. The quantitative estimate of drug-likeness (QED) is 0.676. The molecule has 0 aromatic rings. The third kappa shape index (κ3) is 12.2. The van der Waals surface area contributed by atoms with Gasteiger partial charge in [0, 0.05) is 26.2 Å². The Labute approximate surface area is 149 Å². The molecular weight excluding hydrogens is 304 g/mol. The number of morpholine rings is 1. The van der Waals surface area contributed by atoms with E-state index in [1.807, 2.05) is 0 Å². The van der Waals surface area contributed by atoms with Gasteiger partial charge in [0.05, 0.1) is 38.6 Å². The molecule has 0 N–H and O–H groups in total. The van der Waals surface area contributed by atoms with Crippen LogP contribution in [0.5, 0.6) is 0 Å². The van der Waals surface area contributed by atoms with Crippen molar-refractivity contribution in [3.05, 3.63) is 0 Å². The number of hydrogen-bond acceptors (Lipinski definition) is 5. The molecule has 0 saturated carbocycles. The molecule has 0 bridgehead atoms. The van der Waals surface area contributed by atoms with Gasteiger partial charge in [0.2, 0.25) is 0 Å². The molecule has 2 aliphatic heterocycles. The summed E-state index contributed by atoms with van der Waals surface area (Å²) in [6.45, 7) is 18.7. The van der Waals surface area contributed by atoms with E-state index < -0.39 is 0 Å². The SMILES string of the molecule is CC(C)OCCN1CCCCC1.CC(C)OCCN1CCOCC1. The normalized spacial score (nSPS) is 20.2. The molecule has 2 aliphatic rings. The van der Waals surface area contributed by atoms with Gasteiger partial charge >= 0.3 is 0 Å². The van der Waals surface area contributed by atoms with Crippen LogP contribution in [0.1, 0.15) is 47.0 Å². The maximum Gasteiger partial charge on any atom is 0.0596 e. The van der Waals surface area contributed by atoms with Crippen molar-refractivity contribution in [3.63, 3.8) is 0 Å². The van der Waals surface area contributed by atoms with Gasteiger partial charge in [-0.1, -0.05) is 6.42 Å². The molecule has 0 unspecified atom stereocenters. The van der Waals surface area contributed by atoms with Gasteiger partial charge in [0.15, 0.2) is 0 Å². The van der Waals surface area contributed by atoms with Gasteiger partial charge in [-0.15, -0.1) is 0 Å². The highest BCUT2D eigenvalue weighted by molar-refractivity contribution is 4.64. The first-order valence-electron chi connectivity index (χ1n) is 9.83. The van der Waals surface area contributed by atoms with Crippen LogP contribution in [0, 0.1) is 0 Å². The average Bonchev–Trinajstić information content (AvgIpc) is 2.57. The maximum absolute atomic E-state index is 5.50. The Morgan fingerprint density at radius 1 is 0.708 bits per heavy atom. The Kier molecular flexibility index (Phi) is 12.8. The van der Waals surface area contributed by atoms with Crippen molar-refractivity contribution in [3.8, 4) is 0 Å². The Hall–Kier alpha value is -0.200. The van der Waals surface area contributed by atoms with Gasteiger partial charge in [-0.2, -0.15) is 0 Å². The van der Waals surface area contributed by atoms with Crippen molar-refractivity contribution >= 4 is 0 Å². The standard InChI is InChI=1S/C10H21NO.C9H19NO2/c1-10(2)12-9-8-11-6-4-3-5-7-11;1-9(2)12-8-5-10-3-6-11-7-4-10/h10H,3-9H2,1-2H3;9H,3-8H2,1-2H3. The monoisotopic (exact) mass is 344 g/mol. The lowest BCUT2D eigenvalue weighted by atomic mass is 10.1. The second-order valence-electron chi connectivity index (χ2n) is 7.20. The van der Waals surface area contributed by atoms with Crippen molar-refractivity contribution in [2.45, 2.75) is 59.2 Å². The predicted molar refractivity (Wildman–Crippen MR) is 99.7 cm³/mol. The molecular formula is C19H40N2O3. The molecule has 5 heteroatoms. The second kappa shape index (κ2) is 14.0. The Morgan fingerprint density at radius 2 is 1.17 bits per heavy atom. The smallest absolute Gasteiger partial charge is 0.0596 e. The summed E-state index contributed by atoms with van der Waals surface area (Å²) in [6.07, 6.45) is 4.91. The number of piperidine rings is 1. The summed E-state index contributed by atoms with van der Waals surface area (Å²) < 4.78 is 16.2. The molecule has 2 rings (SSSR count). The molecule has 2 saturated heterocycles. The van der Waals surface area contributed by atoms with Crippen LogP contribution in [0.3, 0.4) is 0 Å². The van der Waals surface area contributed by atoms with Crippen molar-refractivity contribution < 1.29 is 14.2 Å². The van der Waals surface area contributed by atoms with Gasteiger partial charge in [0.1, 0.15) is 0 Å². The van der Waals surface area contributed by atoms with Crippen molar-refractivity contribution in [1.82, 2.24) is 9.80 Å². The lowest BCUT2D eigenvalue weighted by Crippen LogP contribution is -2.38. The van der Waals surface area contributed by atoms with E-state index in [9.17, 15) is 0 Å². The van der Waals surface area contributed by atoms with E-state index in [1.54, 1.807) is 0 Å².